The molecule has 4 heteroatoms. The molecule has 1 aromatic rings. The lowest BCUT2D eigenvalue weighted by Gasteiger charge is -2.20. The highest BCUT2D eigenvalue weighted by atomic mass is 127. The van der Waals surface area contributed by atoms with E-state index in [-0.39, 0.29) is 29.5 Å². The maximum atomic E-state index is 5.86. The summed E-state index contributed by atoms with van der Waals surface area (Å²) in [5.41, 5.74) is 7.27. The molecule has 1 saturated carbocycles. The lowest BCUT2D eigenvalue weighted by Crippen LogP contribution is -2.45. The molecule has 0 spiro atoms. The van der Waals surface area contributed by atoms with E-state index in [1.807, 2.05) is 0 Å². The van der Waals surface area contributed by atoms with Gasteiger partial charge in [0.1, 0.15) is 0 Å². The van der Waals surface area contributed by atoms with Crippen LogP contribution in [0.4, 0.5) is 0 Å². The van der Waals surface area contributed by atoms with E-state index in [1.54, 1.807) is 0 Å². The molecule has 3 nitrogen and oxygen atoms in total. The standard InChI is InChI=1S/C15H23N3.HI/c1-15(2,3)18-14(16)17-10-12-9-13(12)11-7-5-4-6-8-11;/h4-8,12-13H,9-10H2,1-3H3,(H3,16,17,18);1H. The number of nitrogens with one attached hydrogen (secondary N) is 1. The van der Waals surface area contributed by atoms with Crippen molar-refractivity contribution < 1.29 is 0 Å². The normalized spacial score (nSPS) is 22.6. The molecular formula is C15H24IN3. The van der Waals surface area contributed by atoms with Gasteiger partial charge in [-0.3, -0.25) is 4.99 Å². The zero-order valence-electron chi connectivity index (χ0n) is 11.9. The van der Waals surface area contributed by atoms with E-state index in [4.69, 9.17) is 5.73 Å². The molecule has 0 bridgehead atoms. The second-order valence-electron chi connectivity index (χ2n) is 6.11. The summed E-state index contributed by atoms with van der Waals surface area (Å²) in [6.07, 6.45) is 1.23. The minimum absolute atomic E-state index is 0. The third-order valence-electron chi connectivity index (χ3n) is 3.15. The first-order valence-corrected chi connectivity index (χ1v) is 6.59. The van der Waals surface area contributed by atoms with Gasteiger partial charge in [0.2, 0.25) is 0 Å². The first kappa shape index (κ1) is 16.3. The van der Waals surface area contributed by atoms with Crippen molar-refractivity contribution in [1.82, 2.24) is 5.32 Å². The van der Waals surface area contributed by atoms with E-state index in [2.05, 4.69) is 61.4 Å². The molecular weight excluding hydrogens is 349 g/mol. The van der Waals surface area contributed by atoms with Crippen molar-refractivity contribution in [3.05, 3.63) is 35.9 Å². The van der Waals surface area contributed by atoms with E-state index in [0.29, 0.717) is 17.8 Å². The molecule has 106 valence electrons. The van der Waals surface area contributed by atoms with Crippen molar-refractivity contribution in [3.8, 4) is 0 Å². The second kappa shape index (κ2) is 6.59. The smallest absolute Gasteiger partial charge is 0.188 e. The largest absolute Gasteiger partial charge is 0.370 e. The third kappa shape index (κ3) is 5.38. The van der Waals surface area contributed by atoms with E-state index in [0.717, 1.165) is 6.54 Å². The summed E-state index contributed by atoms with van der Waals surface area (Å²) in [7, 11) is 0. The molecule has 2 rings (SSSR count). The van der Waals surface area contributed by atoms with Crippen molar-refractivity contribution in [1.29, 1.82) is 0 Å². The summed E-state index contributed by atoms with van der Waals surface area (Å²) in [4.78, 5) is 4.43. The fraction of sp³-hybridized carbons (Fsp3) is 0.533. The molecule has 1 fully saturated rings. The van der Waals surface area contributed by atoms with Crippen LogP contribution in [0.1, 0.15) is 38.7 Å². The van der Waals surface area contributed by atoms with Crippen LogP contribution in [0.3, 0.4) is 0 Å². The van der Waals surface area contributed by atoms with Crippen LogP contribution in [0.5, 0.6) is 0 Å². The van der Waals surface area contributed by atoms with Crippen LogP contribution >= 0.6 is 24.0 Å². The highest BCUT2D eigenvalue weighted by Crippen LogP contribution is 2.47. The van der Waals surface area contributed by atoms with E-state index < -0.39 is 0 Å². The van der Waals surface area contributed by atoms with Crippen LogP contribution in [0.25, 0.3) is 0 Å². The van der Waals surface area contributed by atoms with Crippen molar-refractivity contribution in [2.75, 3.05) is 6.54 Å². The average molecular weight is 373 g/mol. The first-order chi connectivity index (χ1) is 8.46. The number of hydrogen-bond acceptors (Lipinski definition) is 1. The molecule has 2 atom stereocenters. The van der Waals surface area contributed by atoms with Crippen LogP contribution in [0.15, 0.2) is 35.3 Å². The summed E-state index contributed by atoms with van der Waals surface area (Å²) in [6.45, 7) is 7.08. The van der Waals surface area contributed by atoms with Gasteiger partial charge in [-0.2, -0.15) is 0 Å². The van der Waals surface area contributed by atoms with E-state index >= 15 is 0 Å². The van der Waals surface area contributed by atoms with Crippen molar-refractivity contribution in [2.24, 2.45) is 16.6 Å². The first-order valence-electron chi connectivity index (χ1n) is 6.59. The zero-order valence-corrected chi connectivity index (χ0v) is 14.2. The predicted octanol–water partition coefficient (Wildman–Crippen LogP) is 3.11. The number of nitrogens with zero attached hydrogens (tertiary/aromatic N) is 1. The van der Waals surface area contributed by atoms with Gasteiger partial charge in [0.15, 0.2) is 5.96 Å². The molecule has 0 saturated heterocycles. The van der Waals surface area contributed by atoms with Gasteiger partial charge in [-0.15, -0.1) is 24.0 Å². The lowest BCUT2D eigenvalue weighted by atomic mass is 10.1. The molecule has 2 unspecified atom stereocenters. The Morgan fingerprint density at radius 3 is 2.53 bits per heavy atom. The number of halogens is 1. The Kier molecular flexibility index (Phi) is 5.64. The number of rotatable bonds is 3. The van der Waals surface area contributed by atoms with E-state index in [1.165, 1.54) is 12.0 Å². The Labute approximate surface area is 133 Å². The molecule has 1 aliphatic carbocycles. The van der Waals surface area contributed by atoms with Gasteiger partial charge in [0.05, 0.1) is 0 Å². The minimum atomic E-state index is -0.0179. The zero-order chi connectivity index (χ0) is 13.2. The van der Waals surface area contributed by atoms with E-state index in [9.17, 15) is 0 Å². The Hall–Kier alpha value is -0.780. The number of hydrogen-bond donors (Lipinski definition) is 2. The van der Waals surface area contributed by atoms with Crippen LogP contribution < -0.4 is 11.1 Å². The summed E-state index contributed by atoms with van der Waals surface area (Å²) in [5, 5.41) is 3.18. The quantitative estimate of drug-likeness (QED) is 0.486. The van der Waals surface area contributed by atoms with Gasteiger partial charge in [-0.25, -0.2) is 0 Å². The Morgan fingerprint density at radius 2 is 1.95 bits per heavy atom. The lowest BCUT2D eigenvalue weighted by molar-refractivity contribution is 0.508. The van der Waals surface area contributed by atoms with Gasteiger partial charge in [-0.05, 0) is 44.6 Å². The topological polar surface area (TPSA) is 50.4 Å². The predicted molar refractivity (Wildman–Crippen MR) is 92.1 cm³/mol. The van der Waals surface area contributed by atoms with Gasteiger partial charge in [0, 0.05) is 12.1 Å². The molecule has 0 heterocycles. The molecule has 0 aromatic heterocycles. The maximum Gasteiger partial charge on any atom is 0.188 e. The molecule has 1 aromatic carbocycles. The minimum Gasteiger partial charge on any atom is -0.370 e. The highest BCUT2D eigenvalue weighted by molar-refractivity contribution is 14.0. The monoisotopic (exact) mass is 373 g/mol. The molecule has 1 aliphatic rings. The Bertz CT molecular complexity index is 423. The van der Waals surface area contributed by atoms with Gasteiger partial charge >= 0.3 is 0 Å². The average Bonchev–Trinajstić information content (AvgIpc) is 3.05. The number of guanidine groups is 1. The fourth-order valence-corrected chi connectivity index (χ4v) is 2.20. The van der Waals surface area contributed by atoms with Crippen molar-refractivity contribution in [3.63, 3.8) is 0 Å². The second-order valence-corrected chi connectivity index (χ2v) is 6.11. The number of aliphatic imine (C=N–C) groups is 1. The highest BCUT2D eigenvalue weighted by Gasteiger charge is 2.37. The summed E-state index contributed by atoms with van der Waals surface area (Å²) in [6, 6.07) is 10.7. The van der Waals surface area contributed by atoms with Crippen molar-refractivity contribution in [2.45, 2.75) is 38.6 Å². The Balaban J connectivity index is 0.00000180. The van der Waals surface area contributed by atoms with Crippen LogP contribution in [0.2, 0.25) is 0 Å². The summed E-state index contributed by atoms with van der Waals surface area (Å²) < 4.78 is 0. The summed E-state index contributed by atoms with van der Waals surface area (Å²) in [5.74, 6) is 1.89. The molecule has 0 amide bonds. The van der Waals surface area contributed by atoms with Crippen LogP contribution in [0, 0.1) is 5.92 Å². The molecule has 3 N–H and O–H groups in total. The number of benzene rings is 1. The maximum absolute atomic E-state index is 5.86. The van der Waals surface area contributed by atoms with Gasteiger partial charge in [-0.1, -0.05) is 30.3 Å². The number of nitrogens with two attached hydrogens (primary N) is 1. The van der Waals surface area contributed by atoms with Crippen molar-refractivity contribution >= 4 is 29.9 Å². The molecule has 19 heavy (non-hydrogen) atoms. The molecule has 0 radical (unpaired) electrons. The molecule has 0 aliphatic heterocycles. The van der Waals surface area contributed by atoms with Gasteiger partial charge in [0.25, 0.3) is 0 Å². The van der Waals surface area contributed by atoms with Crippen LogP contribution in [-0.2, 0) is 0 Å². The SMILES string of the molecule is CC(C)(C)NC(N)=NCC1CC1c1ccccc1.I. The fourth-order valence-electron chi connectivity index (χ4n) is 2.20. The van der Waals surface area contributed by atoms with Crippen LogP contribution in [-0.4, -0.2) is 18.0 Å². The Morgan fingerprint density at radius 1 is 1.32 bits per heavy atom. The van der Waals surface area contributed by atoms with Gasteiger partial charge < -0.3 is 11.1 Å². The third-order valence-corrected chi connectivity index (χ3v) is 3.15. The summed E-state index contributed by atoms with van der Waals surface area (Å²) >= 11 is 0.